The zero-order valence-corrected chi connectivity index (χ0v) is 9.22. The standard InChI is InChI=1S/C10H15N3O3/c1-2-8-9(10(14)15)11-12-13(8)6-7-4-3-5-16-7/h7H,2-6H2,1H3,(H,14,15). The highest BCUT2D eigenvalue weighted by Gasteiger charge is 2.21. The van der Waals surface area contributed by atoms with Gasteiger partial charge in [-0.1, -0.05) is 12.1 Å². The average molecular weight is 225 g/mol. The number of aromatic nitrogens is 3. The van der Waals surface area contributed by atoms with Crippen LogP contribution in [0.5, 0.6) is 0 Å². The number of hydrogen-bond acceptors (Lipinski definition) is 4. The van der Waals surface area contributed by atoms with Crippen molar-refractivity contribution in [2.45, 2.75) is 38.8 Å². The Labute approximate surface area is 93.2 Å². The van der Waals surface area contributed by atoms with E-state index >= 15 is 0 Å². The lowest BCUT2D eigenvalue weighted by molar-refractivity contribution is 0.0688. The predicted molar refractivity (Wildman–Crippen MR) is 55.3 cm³/mol. The lowest BCUT2D eigenvalue weighted by Crippen LogP contribution is -2.18. The van der Waals surface area contributed by atoms with Gasteiger partial charge in [-0.2, -0.15) is 0 Å². The van der Waals surface area contributed by atoms with Crippen molar-refractivity contribution in [2.24, 2.45) is 0 Å². The van der Waals surface area contributed by atoms with Crippen LogP contribution >= 0.6 is 0 Å². The highest BCUT2D eigenvalue weighted by Crippen LogP contribution is 2.15. The van der Waals surface area contributed by atoms with E-state index in [4.69, 9.17) is 9.84 Å². The van der Waals surface area contributed by atoms with E-state index in [-0.39, 0.29) is 11.8 Å². The molecule has 0 aromatic carbocycles. The Kier molecular flexibility index (Phi) is 3.19. The summed E-state index contributed by atoms with van der Waals surface area (Å²) in [5.41, 5.74) is 0.725. The summed E-state index contributed by atoms with van der Waals surface area (Å²) in [6, 6.07) is 0. The molecule has 0 saturated carbocycles. The number of rotatable bonds is 4. The van der Waals surface area contributed by atoms with Crippen LogP contribution in [0.4, 0.5) is 0 Å². The molecule has 1 aromatic rings. The summed E-state index contributed by atoms with van der Waals surface area (Å²) >= 11 is 0. The van der Waals surface area contributed by atoms with Crippen molar-refractivity contribution in [3.63, 3.8) is 0 Å². The van der Waals surface area contributed by atoms with Crippen molar-refractivity contribution in [2.75, 3.05) is 6.61 Å². The van der Waals surface area contributed by atoms with Gasteiger partial charge in [-0.15, -0.1) is 5.10 Å². The predicted octanol–water partition coefficient (Wildman–Crippen LogP) is 0.718. The summed E-state index contributed by atoms with van der Waals surface area (Å²) in [6.07, 6.45) is 2.83. The molecule has 2 heterocycles. The number of aromatic carboxylic acids is 1. The van der Waals surface area contributed by atoms with Crippen molar-refractivity contribution < 1.29 is 14.6 Å². The zero-order chi connectivity index (χ0) is 11.5. The minimum atomic E-state index is -1.02. The van der Waals surface area contributed by atoms with Crippen LogP contribution in [0.25, 0.3) is 0 Å². The monoisotopic (exact) mass is 225 g/mol. The Bertz CT molecular complexity index is 383. The molecule has 0 spiro atoms. The minimum Gasteiger partial charge on any atom is -0.476 e. The first-order chi connectivity index (χ1) is 7.72. The third-order valence-corrected chi connectivity index (χ3v) is 2.78. The third kappa shape index (κ3) is 2.06. The molecule has 16 heavy (non-hydrogen) atoms. The van der Waals surface area contributed by atoms with Crippen LogP contribution in [0.2, 0.25) is 0 Å². The van der Waals surface area contributed by atoms with Crippen molar-refractivity contribution in [3.8, 4) is 0 Å². The molecule has 1 unspecified atom stereocenters. The van der Waals surface area contributed by atoms with Gasteiger partial charge in [0.1, 0.15) is 0 Å². The summed E-state index contributed by atoms with van der Waals surface area (Å²) in [5.74, 6) is -1.02. The molecular formula is C10H15N3O3. The first kappa shape index (κ1) is 11.1. The first-order valence-electron chi connectivity index (χ1n) is 5.49. The van der Waals surface area contributed by atoms with Gasteiger partial charge in [-0.25, -0.2) is 9.48 Å². The van der Waals surface area contributed by atoms with Gasteiger partial charge in [0.05, 0.1) is 18.3 Å². The van der Waals surface area contributed by atoms with E-state index in [9.17, 15) is 4.79 Å². The fourth-order valence-electron chi connectivity index (χ4n) is 1.98. The van der Waals surface area contributed by atoms with Gasteiger partial charge in [0.15, 0.2) is 5.69 Å². The van der Waals surface area contributed by atoms with Crippen LogP contribution in [-0.2, 0) is 17.7 Å². The van der Waals surface area contributed by atoms with Crippen molar-refractivity contribution in [1.29, 1.82) is 0 Å². The first-order valence-corrected chi connectivity index (χ1v) is 5.49. The molecular weight excluding hydrogens is 210 g/mol. The second kappa shape index (κ2) is 4.61. The fraction of sp³-hybridized carbons (Fsp3) is 0.700. The number of hydrogen-bond donors (Lipinski definition) is 1. The quantitative estimate of drug-likeness (QED) is 0.816. The van der Waals surface area contributed by atoms with Gasteiger partial charge in [-0.3, -0.25) is 0 Å². The summed E-state index contributed by atoms with van der Waals surface area (Å²) in [5, 5.41) is 16.5. The van der Waals surface area contributed by atoms with E-state index in [1.807, 2.05) is 6.92 Å². The molecule has 0 radical (unpaired) electrons. The van der Waals surface area contributed by atoms with Crippen molar-refractivity contribution in [3.05, 3.63) is 11.4 Å². The van der Waals surface area contributed by atoms with Crippen LogP contribution in [0.15, 0.2) is 0 Å². The highest BCUT2D eigenvalue weighted by atomic mass is 16.5. The van der Waals surface area contributed by atoms with E-state index in [1.165, 1.54) is 0 Å². The van der Waals surface area contributed by atoms with Gasteiger partial charge >= 0.3 is 5.97 Å². The van der Waals surface area contributed by atoms with E-state index in [2.05, 4.69) is 10.3 Å². The molecule has 1 aromatic heterocycles. The Morgan fingerprint density at radius 2 is 2.50 bits per heavy atom. The summed E-state index contributed by atoms with van der Waals surface area (Å²) in [6.45, 7) is 3.28. The normalized spacial score (nSPS) is 20.2. The lowest BCUT2D eigenvalue weighted by atomic mass is 10.2. The van der Waals surface area contributed by atoms with Gasteiger partial charge in [0, 0.05) is 6.61 Å². The highest BCUT2D eigenvalue weighted by molar-refractivity contribution is 5.86. The molecule has 1 saturated heterocycles. The molecule has 1 N–H and O–H groups in total. The van der Waals surface area contributed by atoms with Crippen LogP contribution in [0.3, 0.4) is 0 Å². The molecule has 1 aliphatic rings. The SMILES string of the molecule is CCc1c(C(=O)O)nnn1CC1CCCO1. The molecule has 6 heteroatoms. The van der Waals surface area contributed by atoms with E-state index in [0.29, 0.717) is 18.7 Å². The van der Waals surface area contributed by atoms with E-state index < -0.39 is 5.97 Å². The maximum absolute atomic E-state index is 10.9. The van der Waals surface area contributed by atoms with Gasteiger partial charge in [0.25, 0.3) is 0 Å². The van der Waals surface area contributed by atoms with Crippen LogP contribution < -0.4 is 0 Å². The number of ether oxygens (including phenoxy) is 1. The van der Waals surface area contributed by atoms with E-state index in [0.717, 1.165) is 19.4 Å². The van der Waals surface area contributed by atoms with Gasteiger partial charge in [-0.05, 0) is 19.3 Å². The van der Waals surface area contributed by atoms with Crippen LogP contribution in [0, 0.1) is 0 Å². The second-order valence-electron chi connectivity index (χ2n) is 3.86. The largest absolute Gasteiger partial charge is 0.476 e. The second-order valence-corrected chi connectivity index (χ2v) is 3.86. The Morgan fingerprint density at radius 1 is 1.69 bits per heavy atom. The minimum absolute atomic E-state index is 0.0560. The molecule has 0 aliphatic carbocycles. The zero-order valence-electron chi connectivity index (χ0n) is 9.22. The Balaban J connectivity index is 2.16. The molecule has 1 fully saturated rings. The number of nitrogens with zero attached hydrogens (tertiary/aromatic N) is 3. The maximum Gasteiger partial charge on any atom is 0.358 e. The van der Waals surface area contributed by atoms with E-state index in [1.54, 1.807) is 4.68 Å². The van der Waals surface area contributed by atoms with Crippen LogP contribution in [0.1, 0.15) is 35.9 Å². The molecule has 88 valence electrons. The molecule has 0 amide bonds. The molecule has 1 atom stereocenters. The smallest absolute Gasteiger partial charge is 0.358 e. The maximum atomic E-state index is 10.9. The number of carbonyl (C=O) groups is 1. The molecule has 0 bridgehead atoms. The molecule has 1 aliphatic heterocycles. The molecule has 6 nitrogen and oxygen atoms in total. The topological polar surface area (TPSA) is 77.2 Å². The van der Waals surface area contributed by atoms with Crippen molar-refractivity contribution >= 4 is 5.97 Å². The molecule has 2 rings (SSSR count). The van der Waals surface area contributed by atoms with Crippen LogP contribution in [-0.4, -0.2) is 38.8 Å². The fourth-order valence-corrected chi connectivity index (χ4v) is 1.98. The lowest BCUT2D eigenvalue weighted by Gasteiger charge is -2.10. The average Bonchev–Trinajstić information content (AvgIpc) is 2.87. The number of carboxylic acids is 1. The Morgan fingerprint density at radius 3 is 3.06 bits per heavy atom. The van der Waals surface area contributed by atoms with Gasteiger partial charge < -0.3 is 9.84 Å². The summed E-state index contributed by atoms with van der Waals surface area (Å²) in [4.78, 5) is 10.9. The number of carboxylic acid groups (broad SMARTS) is 1. The van der Waals surface area contributed by atoms with Gasteiger partial charge in [0.2, 0.25) is 0 Å². The summed E-state index contributed by atoms with van der Waals surface area (Å²) in [7, 11) is 0. The summed E-state index contributed by atoms with van der Waals surface area (Å²) < 4.78 is 7.14. The Hall–Kier alpha value is -1.43. The van der Waals surface area contributed by atoms with Crippen molar-refractivity contribution in [1.82, 2.24) is 15.0 Å². The third-order valence-electron chi connectivity index (χ3n) is 2.78.